The number of Topliss-reactive ketones (excluding diaryl/α,β-unsaturated/α-hetero) is 2. The molecule has 1 N–H and O–H groups in total. The van der Waals surface area contributed by atoms with E-state index in [1.807, 2.05) is 11.8 Å². The van der Waals surface area contributed by atoms with Crippen LogP contribution in [0.4, 0.5) is 0 Å². The smallest absolute Gasteiger partial charge is 0.228 e. The summed E-state index contributed by atoms with van der Waals surface area (Å²) in [6, 6.07) is 0.152. The molecule has 2 aliphatic carbocycles. The van der Waals surface area contributed by atoms with Crippen LogP contribution in [0.15, 0.2) is 12.2 Å². The van der Waals surface area contributed by atoms with Crippen LogP contribution in [0.5, 0.6) is 0 Å². The van der Waals surface area contributed by atoms with Crippen LogP contribution >= 0.6 is 0 Å². The molecule has 210 valence electrons. The molecule has 2 unspecified atom stereocenters. The lowest BCUT2D eigenvalue weighted by Gasteiger charge is -2.57. The van der Waals surface area contributed by atoms with E-state index >= 15 is 0 Å². The summed E-state index contributed by atoms with van der Waals surface area (Å²) in [6.45, 7) is 14.1. The Kier molecular flexibility index (Phi) is 10.6. The first-order chi connectivity index (χ1) is 17.7. The number of β-lactam (4-membered cyclic amide) rings is 1. The molecule has 3 fully saturated rings. The standard InChI is InChI=1S/C32H54N2O3/c1-7-22-32(9-3,28(35)23(4)5)33-26-20-16-12-10-14-18-24(26)29(36)31(6,8-2)34-27-21-17-13-11-15-19-25(27)30(34)37/h24-27,33H,4,7-22H2,1-3,5-6H3/t24-,25-,26+,27+,31?,32?/m1/s1. The number of hydrogen-bond acceptors (Lipinski definition) is 4. The van der Waals surface area contributed by atoms with Crippen LogP contribution in [0.2, 0.25) is 0 Å². The van der Waals surface area contributed by atoms with Crippen molar-refractivity contribution in [3.05, 3.63) is 12.2 Å². The molecule has 0 radical (unpaired) electrons. The first kappa shape index (κ1) is 30.1. The molecule has 5 nitrogen and oxygen atoms in total. The van der Waals surface area contributed by atoms with E-state index in [0.29, 0.717) is 18.4 Å². The quantitative estimate of drug-likeness (QED) is 0.240. The molecule has 0 aromatic rings. The number of rotatable bonds is 11. The summed E-state index contributed by atoms with van der Waals surface area (Å²) in [7, 11) is 0. The molecule has 0 bridgehead atoms. The van der Waals surface area contributed by atoms with Gasteiger partial charge >= 0.3 is 0 Å². The lowest BCUT2D eigenvalue weighted by molar-refractivity contribution is -0.176. The van der Waals surface area contributed by atoms with Gasteiger partial charge in [0.1, 0.15) is 0 Å². The molecule has 6 atom stereocenters. The van der Waals surface area contributed by atoms with Crippen LogP contribution in [0.3, 0.4) is 0 Å². The van der Waals surface area contributed by atoms with Crippen LogP contribution in [0.1, 0.15) is 137 Å². The molecule has 0 spiro atoms. The third-order valence-corrected chi connectivity index (χ3v) is 10.0. The topological polar surface area (TPSA) is 66.5 Å². The summed E-state index contributed by atoms with van der Waals surface area (Å²) in [5.74, 6) is 0.416. The lowest BCUT2D eigenvalue weighted by atomic mass is 9.69. The molecule has 3 aliphatic rings. The van der Waals surface area contributed by atoms with Crippen molar-refractivity contribution < 1.29 is 14.4 Å². The fourth-order valence-corrected chi connectivity index (χ4v) is 7.65. The monoisotopic (exact) mass is 514 g/mol. The zero-order chi connectivity index (χ0) is 27.2. The van der Waals surface area contributed by atoms with Gasteiger partial charge in [0.2, 0.25) is 5.91 Å². The van der Waals surface area contributed by atoms with E-state index in [9.17, 15) is 14.4 Å². The minimum atomic E-state index is -0.779. The van der Waals surface area contributed by atoms with Crippen LogP contribution < -0.4 is 5.32 Å². The van der Waals surface area contributed by atoms with Crippen molar-refractivity contribution in [2.75, 3.05) is 0 Å². The van der Waals surface area contributed by atoms with Gasteiger partial charge in [0.05, 0.1) is 17.0 Å². The normalized spacial score (nSPS) is 30.3. The maximum Gasteiger partial charge on any atom is 0.228 e. The van der Waals surface area contributed by atoms with Crippen molar-refractivity contribution in [1.29, 1.82) is 0 Å². The zero-order valence-corrected chi connectivity index (χ0v) is 24.5. The van der Waals surface area contributed by atoms with Gasteiger partial charge in [-0.2, -0.15) is 0 Å². The number of fused-ring (bicyclic) bond motifs is 1. The molecule has 1 heterocycles. The van der Waals surface area contributed by atoms with Gasteiger partial charge in [-0.1, -0.05) is 85.1 Å². The van der Waals surface area contributed by atoms with Crippen LogP contribution in [-0.4, -0.2) is 45.5 Å². The second-order valence-corrected chi connectivity index (χ2v) is 12.5. The van der Waals surface area contributed by atoms with Crippen molar-refractivity contribution in [2.45, 2.75) is 161 Å². The van der Waals surface area contributed by atoms with E-state index in [-0.39, 0.29) is 41.4 Å². The SMILES string of the molecule is C=C(C)C(=O)C(CC)(CCC)N[C@H]1CCCCCC[C@H]1C(=O)C(C)(CC)N1C(=O)[C@@H]2CCCCCC[C@@H]21. The van der Waals surface area contributed by atoms with Crippen molar-refractivity contribution in [2.24, 2.45) is 11.8 Å². The number of hydrogen-bond donors (Lipinski definition) is 1. The molecule has 5 heteroatoms. The van der Waals surface area contributed by atoms with E-state index in [1.165, 1.54) is 19.3 Å². The summed E-state index contributed by atoms with van der Waals surface area (Å²) >= 11 is 0. The molecule has 1 saturated heterocycles. The van der Waals surface area contributed by atoms with Gasteiger partial charge in [-0.15, -0.1) is 0 Å². The summed E-state index contributed by atoms with van der Waals surface area (Å²) in [5.41, 5.74) is -0.876. The number of carbonyl (C=O) groups is 3. The third-order valence-electron chi connectivity index (χ3n) is 10.0. The average molecular weight is 515 g/mol. The minimum Gasteiger partial charge on any atom is -0.326 e. The van der Waals surface area contributed by atoms with Gasteiger partial charge in [-0.25, -0.2) is 0 Å². The predicted octanol–water partition coefficient (Wildman–Crippen LogP) is 6.93. The van der Waals surface area contributed by atoms with E-state index in [0.717, 1.165) is 70.6 Å². The van der Waals surface area contributed by atoms with E-state index < -0.39 is 11.1 Å². The Bertz CT molecular complexity index is 838. The highest BCUT2D eigenvalue weighted by atomic mass is 16.2. The Morgan fingerprint density at radius 3 is 2.08 bits per heavy atom. The lowest BCUT2D eigenvalue weighted by Crippen LogP contribution is -2.72. The molecule has 2 saturated carbocycles. The molecule has 1 amide bonds. The van der Waals surface area contributed by atoms with Crippen molar-refractivity contribution in [3.63, 3.8) is 0 Å². The van der Waals surface area contributed by atoms with Crippen LogP contribution in [-0.2, 0) is 14.4 Å². The molecular formula is C32H54N2O3. The highest BCUT2D eigenvalue weighted by Gasteiger charge is 2.57. The van der Waals surface area contributed by atoms with Crippen LogP contribution in [0.25, 0.3) is 0 Å². The van der Waals surface area contributed by atoms with Gasteiger partial charge < -0.3 is 10.2 Å². The zero-order valence-electron chi connectivity index (χ0n) is 24.5. The number of amides is 1. The average Bonchev–Trinajstić information content (AvgIpc) is 2.85. The molecule has 37 heavy (non-hydrogen) atoms. The number of nitrogens with one attached hydrogen (secondary N) is 1. The van der Waals surface area contributed by atoms with Crippen LogP contribution in [0, 0.1) is 11.8 Å². The number of nitrogens with zero attached hydrogens (tertiary/aromatic N) is 1. The number of carbonyl (C=O) groups excluding carboxylic acids is 3. The third kappa shape index (κ3) is 6.07. The van der Waals surface area contributed by atoms with E-state index in [1.54, 1.807) is 6.92 Å². The van der Waals surface area contributed by atoms with Crippen molar-refractivity contribution >= 4 is 17.5 Å². The van der Waals surface area contributed by atoms with Gasteiger partial charge in [-0.05, 0) is 64.4 Å². The first-order valence-corrected chi connectivity index (χ1v) is 15.5. The minimum absolute atomic E-state index is 0.0574. The highest BCUT2D eigenvalue weighted by Crippen LogP contribution is 2.44. The van der Waals surface area contributed by atoms with Gasteiger partial charge in [0.15, 0.2) is 11.6 Å². The second kappa shape index (κ2) is 13.0. The Morgan fingerprint density at radius 1 is 0.919 bits per heavy atom. The number of ketones is 2. The predicted molar refractivity (Wildman–Crippen MR) is 151 cm³/mol. The Balaban J connectivity index is 1.93. The van der Waals surface area contributed by atoms with E-state index in [4.69, 9.17) is 0 Å². The summed E-state index contributed by atoms with van der Waals surface area (Å²) in [5, 5.41) is 3.82. The van der Waals surface area contributed by atoms with Gasteiger partial charge in [-0.3, -0.25) is 14.4 Å². The fraction of sp³-hybridized carbons (Fsp3) is 0.844. The van der Waals surface area contributed by atoms with E-state index in [2.05, 4.69) is 32.7 Å². The second-order valence-electron chi connectivity index (χ2n) is 12.5. The van der Waals surface area contributed by atoms with Gasteiger partial charge in [0.25, 0.3) is 0 Å². The van der Waals surface area contributed by atoms with Crippen molar-refractivity contribution in [3.8, 4) is 0 Å². The number of likely N-dealkylation sites (tertiary alicyclic amines) is 1. The summed E-state index contributed by atoms with van der Waals surface area (Å²) < 4.78 is 0. The highest BCUT2D eigenvalue weighted by molar-refractivity contribution is 6.02. The molecule has 0 aromatic heterocycles. The fourth-order valence-electron chi connectivity index (χ4n) is 7.65. The Morgan fingerprint density at radius 2 is 1.51 bits per heavy atom. The molecule has 0 aromatic carbocycles. The molecule has 3 rings (SSSR count). The molecular weight excluding hydrogens is 460 g/mol. The Hall–Kier alpha value is -1.49. The largest absolute Gasteiger partial charge is 0.326 e. The Labute approximate surface area is 226 Å². The summed E-state index contributed by atoms with van der Waals surface area (Å²) in [4.78, 5) is 43.6. The first-order valence-electron chi connectivity index (χ1n) is 15.5. The molecule has 1 aliphatic heterocycles. The summed E-state index contributed by atoms with van der Waals surface area (Å²) in [6.07, 6.45) is 15.8. The van der Waals surface area contributed by atoms with Crippen molar-refractivity contribution in [1.82, 2.24) is 10.2 Å². The maximum atomic E-state index is 14.6. The van der Waals surface area contributed by atoms with Gasteiger partial charge in [0, 0.05) is 18.0 Å². The maximum absolute atomic E-state index is 14.6.